The summed E-state index contributed by atoms with van der Waals surface area (Å²) < 4.78 is 0. The summed E-state index contributed by atoms with van der Waals surface area (Å²) in [5.74, 6) is 0. The molecule has 1 aliphatic rings. The number of nitrogens with one attached hydrogen (secondary N) is 1. The summed E-state index contributed by atoms with van der Waals surface area (Å²) in [5.41, 5.74) is 1.21. The Bertz CT molecular complexity index is 534. The van der Waals surface area contributed by atoms with Crippen LogP contribution in [0.1, 0.15) is 18.4 Å². The van der Waals surface area contributed by atoms with Gasteiger partial charge in [0, 0.05) is 25.3 Å². The first-order chi connectivity index (χ1) is 9.49. The van der Waals surface area contributed by atoms with Gasteiger partial charge in [0.15, 0.2) is 0 Å². The van der Waals surface area contributed by atoms with Gasteiger partial charge in [-0.25, -0.2) is 4.79 Å². The summed E-state index contributed by atoms with van der Waals surface area (Å²) in [7, 11) is 0. The van der Waals surface area contributed by atoms with E-state index in [1.165, 1.54) is 6.20 Å². The van der Waals surface area contributed by atoms with Gasteiger partial charge < -0.3 is 15.3 Å². The summed E-state index contributed by atoms with van der Waals surface area (Å²) in [6.07, 6.45) is 3.26. The van der Waals surface area contributed by atoms with Gasteiger partial charge in [0.2, 0.25) is 0 Å². The van der Waals surface area contributed by atoms with Crippen molar-refractivity contribution < 1.29 is 14.8 Å². The van der Waals surface area contributed by atoms with Crippen molar-refractivity contribution in [1.29, 1.82) is 0 Å². The predicted molar refractivity (Wildman–Crippen MR) is 72.0 cm³/mol. The number of anilines is 1. The highest BCUT2D eigenvalue weighted by Crippen LogP contribution is 2.32. The van der Waals surface area contributed by atoms with Crippen LogP contribution in [0.2, 0.25) is 0 Å². The van der Waals surface area contributed by atoms with Gasteiger partial charge in [-0.3, -0.25) is 15.1 Å². The Morgan fingerprint density at radius 3 is 3.00 bits per heavy atom. The molecule has 1 saturated heterocycles. The number of aryl methyl sites for hydroxylation is 1. The highest BCUT2D eigenvalue weighted by molar-refractivity contribution is 5.68. The molecule has 1 aromatic heterocycles. The minimum absolute atomic E-state index is 0.0408. The summed E-state index contributed by atoms with van der Waals surface area (Å²) in [5, 5.41) is 22.3. The third-order valence-corrected chi connectivity index (χ3v) is 3.34. The number of hydrogen-bond donors (Lipinski definition) is 2. The molecule has 1 fully saturated rings. The van der Waals surface area contributed by atoms with Crippen molar-refractivity contribution in [3.63, 3.8) is 0 Å². The second-order valence-corrected chi connectivity index (χ2v) is 4.82. The maximum absolute atomic E-state index is 11.1. The number of carbonyl (C=O) groups is 1. The molecule has 1 aromatic rings. The third-order valence-electron chi connectivity index (χ3n) is 3.34. The Hall–Kier alpha value is -2.38. The molecule has 2 rings (SSSR count). The van der Waals surface area contributed by atoms with Crippen LogP contribution in [-0.4, -0.2) is 40.2 Å². The molecule has 0 spiro atoms. The van der Waals surface area contributed by atoms with Crippen LogP contribution < -0.4 is 10.2 Å². The lowest BCUT2D eigenvalue weighted by Crippen LogP contribution is -2.47. The zero-order valence-corrected chi connectivity index (χ0v) is 11.1. The number of nitro groups is 1. The van der Waals surface area contributed by atoms with Crippen LogP contribution in [-0.2, 0) is 0 Å². The molecule has 20 heavy (non-hydrogen) atoms. The average molecular weight is 280 g/mol. The van der Waals surface area contributed by atoms with E-state index < -0.39 is 11.0 Å². The number of rotatable bonds is 3. The van der Waals surface area contributed by atoms with Crippen LogP contribution in [0.15, 0.2) is 12.4 Å². The van der Waals surface area contributed by atoms with Gasteiger partial charge in [-0.1, -0.05) is 0 Å². The van der Waals surface area contributed by atoms with Crippen molar-refractivity contribution in [2.75, 3.05) is 18.0 Å². The minimum atomic E-state index is -1.07. The second kappa shape index (κ2) is 5.72. The summed E-state index contributed by atoms with van der Waals surface area (Å²) >= 11 is 0. The summed E-state index contributed by atoms with van der Waals surface area (Å²) in [6.45, 7) is 2.87. The fraction of sp³-hybridized carbons (Fsp3) is 0.500. The number of carboxylic acid groups (broad SMARTS) is 1. The van der Waals surface area contributed by atoms with Crippen LogP contribution in [0.5, 0.6) is 0 Å². The fourth-order valence-corrected chi connectivity index (χ4v) is 2.56. The highest BCUT2D eigenvalue weighted by Gasteiger charge is 2.27. The lowest BCUT2D eigenvalue weighted by Gasteiger charge is -2.34. The Balaban J connectivity index is 2.27. The van der Waals surface area contributed by atoms with E-state index in [9.17, 15) is 14.9 Å². The van der Waals surface area contributed by atoms with Gasteiger partial charge in [0.25, 0.3) is 0 Å². The third kappa shape index (κ3) is 2.95. The molecule has 2 N–H and O–H groups in total. The van der Waals surface area contributed by atoms with Crippen LogP contribution in [0, 0.1) is 17.0 Å². The van der Waals surface area contributed by atoms with Gasteiger partial charge in [-0.15, -0.1) is 0 Å². The zero-order valence-electron chi connectivity index (χ0n) is 11.1. The second-order valence-electron chi connectivity index (χ2n) is 4.82. The Labute approximate surface area is 115 Å². The molecule has 1 aliphatic heterocycles. The molecule has 8 nitrogen and oxygen atoms in total. The minimum Gasteiger partial charge on any atom is -0.465 e. The van der Waals surface area contributed by atoms with Crippen LogP contribution in [0.3, 0.4) is 0 Å². The molecular weight excluding hydrogens is 264 g/mol. The molecule has 0 aliphatic carbocycles. The first-order valence-corrected chi connectivity index (χ1v) is 6.32. The Morgan fingerprint density at radius 2 is 2.35 bits per heavy atom. The van der Waals surface area contributed by atoms with Crippen LogP contribution in [0.4, 0.5) is 16.2 Å². The molecule has 0 aromatic carbocycles. The van der Waals surface area contributed by atoms with Gasteiger partial charge >= 0.3 is 11.8 Å². The van der Waals surface area contributed by atoms with Crippen molar-refractivity contribution in [3.05, 3.63) is 28.1 Å². The predicted octanol–water partition coefficient (Wildman–Crippen LogP) is 1.53. The van der Waals surface area contributed by atoms with E-state index in [1.54, 1.807) is 13.1 Å². The average Bonchev–Trinajstić information content (AvgIpc) is 2.37. The van der Waals surface area contributed by atoms with E-state index in [2.05, 4.69) is 10.3 Å². The molecule has 0 radical (unpaired) electrons. The molecule has 8 heteroatoms. The molecule has 108 valence electrons. The monoisotopic (exact) mass is 280 g/mol. The van der Waals surface area contributed by atoms with E-state index in [1.807, 2.05) is 4.90 Å². The molecule has 1 atom stereocenters. The maximum Gasteiger partial charge on any atom is 0.404 e. The largest absolute Gasteiger partial charge is 0.465 e. The molecule has 0 bridgehead atoms. The normalized spacial score (nSPS) is 18.6. The lowest BCUT2D eigenvalue weighted by molar-refractivity contribution is -0.384. The Morgan fingerprint density at radius 1 is 1.60 bits per heavy atom. The quantitative estimate of drug-likeness (QED) is 0.642. The molecular formula is C12H16N4O4. The lowest BCUT2D eigenvalue weighted by atomic mass is 10.0. The highest BCUT2D eigenvalue weighted by atomic mass is 16.6. The summed E-state index contributed by atoms with van der Waals surface area (Å²) in [4.78, 5) is 27.1. The first kappa shape index (κ1) is 14.0. The number of piperidine rings is 1. The zero-order chi connectivity index (χ0) is 14.7. The number of amides is 1. The van der Waals surface area contributed by atoms with Crippen molar-refractivity contribution >= 4 is 17.5 Å². The van der Waals surface area contributed by atoms with E-state index >= 15 is 0 Å². The molecule has 0 saturated carbocycles. The Kier molecular flexibility index (Phi) is 4.02. The smallest absolute Gasteiger partial charge is 0.404 e. The van der Waals surface area contributed by atoms with Gasteiger partial charge in [-0.05, 0) is 25.3 Å². The van der Waals surface area contributed by atoms with E-state index in [0.717, 1.165) is 18.4 Å². The maximum atomic E-state index is 11.1. The topological polar surface area (TPSA) is 109 Å². The van der Waals surface area contributed by atoms with Crippen molar-refractivity contribution in [2.24, 2.45) is 0 Å². The first-order valence-electron chi connectivity index (χ1n) is 6.32. The fourth-order valence-electron chi connectivity index (χ4n) is 2.56. The van der Waals surface area contributed by atoms with Gasteiger partial charge in [0.05, 0.1) is 4.92 Å². The number of aromatic nitrogens is 1. The van der Waals surface area contributed by atoms with Crippen molar-refractivity contribution in [1.82, 2.24) is 10.3 Å². The molecule has 1 amide bonds. The van der Waals surface area contributed by atoms with Crippen LogP contribution >= 0.6 is 0 Å². The summed E-state index contributed by atoms with van der Waals surface area (Å²) in [6, 6.07) is -0.214. The molecule has 2 heterocycles. The van der Waals surface area contributed by atoms with Gasteiger partial charge in [0.1, 0.15) is 11.9 Å². The molecule has 1 unspecified atom stereocenters. The number of nitrogens with zero attached hydrogens (tertiary/aromatic N) is 3. The van der Waals surface area contributed by atoms with Crippen molar-refractivity contribution in [2.45, 2.75) is 25.8 Å². The van der Waals surface area contributed by atoms with Crippen LogP contribution in [0.25, 0.3) is 0 Å². The van der Waals surface area contributed by atoms with Crippen molar-refractivity contribution in [3.8, 4) is 0 Å². The number of pyridine rings is 1. The standard InChI is InChI=1S/C12H16N4O4/c1-8-5-13-6-10(16(19)20)11(8)15-4-2-3-9(7-15)14-12(17)18/h5-6,9,14H,2-4,7H2,1H3,(H,17,18). The SMILES string of the molecule is Cc1cncc([N+](=O)[O-])c1N1CCCC(NC(=O)O)C1. The number of hydrogen-bond acceptors (Lipinski definition) is 5. The van der Waals surface area contributed by atoms with E-state index in [-0.39, 0.29) is 11.7 Å². The van der Waals surface area contributed by atoms with E-state index in [4.69, 9.17) is 5.11 Å². The van der Waals surface area contributed by atoms with Gasteiger partial charge in [-0.2, -0.15) is 0 Å². The van der Waals surface area contributed by atoms with E-state index in [0.29, 0.717) is 18.8 Å².